The Morgan fingerprint density at radius 2 is 2.00 bits per heavy atom. The van der Waals surface area contributed by atoms with Crippen LogP contribution in [0.4, 0.5) is 5.69 Å². The standard InChI is InChI=1S/C17H17N3O4S/c1-10-6-7-18-17(19-10)25-14-9-15(21)20(16(14)22)12-5-4-11(23-2)8-13(12)24-3/h4-8,14H,9H2,1-3H3. The second-order valence-electron chi connectivity index (χ2n) is 5.40. The average Bonchev–Trinajstić information content (AvgIpc) is 2.88. The first kappa shape index (κ1) is 17.2. The number of anilines is 1. The van der Waals surface area contributed by atoms with E-state index in [4.69, 9.17) is 9.47 Å². The first-order valence-electron chi connectivity index (χ1n) is 7.58. The fourth-order valence-corrected chi connectivity index (χ4v) is 3.53. The molecule has 1 atom stereocenters. The third kappa shape index (κ3) is 3.43. The predicted molar refractivity (Wildman–Crippen MR) is 93.1 cm³/mol. The molecule has 130 valence electrons. The average molecular weight is 359 g/mol. The normalized spacial score (nSPS) is 17.1. The molecule has 0 saturated carbocycles. The van der Waals surface area contributed by atoms with Gasteiger partial charge in [0.05, 0.1) is 19.9 Å². The van der Waals surface area contributed by atoms with Crippen molar-refractivity contribution in [3.8, 4) is 11.5 Å². The van der Waals surface area contributed by atoms with Gasteiger partial charge in [-0.05, 0) is 25.1 Å². The van der Waals surface area contributed by atoms with E-state index in [1.807, 2.05) is 6.92 Å². The molecule has 1 aliphatic heterocycles. The van der Waals surface area contributed by atoms with Gasteiger partial charge in [-0.25, -0.2) is 14.9 Å². The number of hydrogen-bond acceptors (Lipinski definition) is 7. The number of rotatable bonds is 5. The maximum Gasteiger partial charge on any atom is 0.248 e. The van der Waals surface area contributed by atoms with E-state index in [9.17, 15) is 9.59 Å². The van der Waals surface area contributed by atoms with Crippen LogP contribution in [0.5, 0.6) is 11.5 Å². The van der Waals surface area contributed by atoms with Crippen molar-refractivity contribution < 1.29 is 19.1 Å². The Hall–Kier alpha value is -2.61. The molecule has 1 unspecified atom stereocenters. The quantitative estimate of drug-likeness (QED) is 0.598. The van der Waals surface area contributed by atoms with Crippen molar-refractivity contribution in [1.82, 2.24) is 9.97 Å². The smallest absolute Gasteiger partial charge is 0.248 e. The number of aryl methyl sites for hydroxylation is 1. The molecule has 2 aromatic rings. The van der Waals surface area contributed by atoms with Crippen LogP contribution >= 0.6 is 11.8 Å². The Bertz CT molecular complexity index is 827. The Morgan fingerprint density at radius 3 is 2.68 bits per heavy atom. The summed E-state index contributed by atoms with van der Waals surface area (Å²) in [5.74, 6) is 0.402. The molecule has 3 rings (SSSR count). The Balaban J connectivity index is 1.86. The van der Waals surface area contributed by atoms with Gasteiger partial charge in [-0.1, -0.05) is 11.8 Å². The Labute approximate surface area is 149 Å². The zero-order valence-electron chi connectivity index (χ0n) is 14.1. The highest BCUT2D eigenvalue weighted by Gasteiger charge is 2.41. The molecule has 0 bridgehead atoms. The number of carbonyl (C=O) groups excluding carboxylic acids is 2. The molecule has 25 heavy (non-hydrogen) atoms. The van der Waals surface area contributed by atoms with Crippen LogP contribution < -0.4 is 14.4 Å². The lowest BCUT2D eigenvalue weighted by atomic mass is 10.2. The lowest BCUT2D eigenvalue weighted by Crippen LogP contribution is -2.31. The van der Waals surface area contributed by atoms with Gasteiger partial charge in [0.15, 0.2) is 5.16 Å². The third-order valence-corrected chi connectivity index (χ3v) is 4.81. The van der Waals surface area contributed by atoms with E-state index in [1.54, 1.807) is 30.5 Å². The van der Waals surface area contributed by atoms with Gasteiger partial charge in [0, 0.05) is 24.4 Å². The molecule has 1 saturated heterocycles. The molecule has 0 spiro atoms. The van der Waals surface area contributed by atoms with Crippen LogP contribution in [0.2, 0.25) is 0 Å². The van der Waals surface area contributed by atoms with Gasteiger partial charge in [0.25, 0.3) is 0 Å². The summed E-state index contributed by atoms with van der Waals surface area (Å²) in [6, 6.07) is 6.74. The van der Waals surface area contributed by atoms with Crippen molar-refractivity contribution in [2.75, 3.05) is 19.1 Å². The summed E-state index contributed by atoms with van der Waals surface area (Å²) < 4.78 is 10.5. The molecular formula is C17H17N3O4S. The molecule has 8 heteroatoms. The summed E-state index contributed by atoms with van der Waals surface area (Å²) in [6.07, 6.45) is 1.73. The first-order valence-corrected chi connectivity index (χ1v) is 8.46. The van der Waals surface area contributed by atoms with Crippen molar-refractivity contribution in [1.29, 1.82) is 0 Å². The summed E-state index contributed by atoms with van der Waals surface area (Å²) in [5, 5.41) is -0.0733. The minimum atomic E-state index is -0.555. The molecule has 1 aliphatic rings. The number of thioether (sulfide) groups is 1. The van der Waals surface area contributed by atoms with Crippen LogP contribution in [-0.4, -0.2) is 41.3 Å². The van der Waals surface area contributed by atoms with E-state index in [-0.39, 0.29) is 18.2 Å². The molecule has 1 aromatic heterocycles. The molecule has 2 heterocycles. The van der Waals surface area contributed by atoms with Gasteiger partial charge in [-0.15, -0.1) is 0 Å². The molecule has 1 aromatic carbocycles. The molecule has 0 aliphatic carbocycles. The monoisotopic (exact) mass is 359 g/mol. The number of ether oxygens (including phenoxy) is 2. The number of nitrogens with zero attached hydrogens (tertiary/aromatic N) is 3. The molecular weight excluding hydrogens is 342 g/mol. The largest absolute Gasteiger partial charge is 0.497 e. The Kier molecular flexibility index (Phi) is 4.89. The van der Waals surface area contributed by atoms with Crippen molar-refractivity contribution in [2.24, 2.45) is 0 Å². The van der Waals surface area contributed by atoms with Crippen molar-refractivity contribution >= 4 is 29.3 Å². The van der Waals surface area contributed by atoms with Crippen LogP contribution in [0.25, 0.3) is 0 Å². The maximum absolute atomic E-state index is 12.8. The van der Waals surface area contributed by atoms with Gasteiger partial charge in [0.2, 0.25) is 11.8 Å². The number of amides is 2. The van der Waals surface area contributed by atoms with Crippen molar-refractivity contribution in [2.45, 2.75) is 23.8 Å². The van der Waals surface area contributed by atoms with Crippen molar-refractivity contribution in [3.05, 3.63) is 36.2 Å². The molecule has 1 fully saturated rings. The van der Waals surface area contributed by atoms with Gasteiger partial charge in [-0.3, -0.25) is 9.59 Å². The summed E-state index contributed by atoms with van der Waals surface area (Å²) in [5.41, 5.74) is 1.22. The van der Waals surface area contributed by atoms with Gasteiger partial charge in [0.1, 0.15) is 16.7 Å². The highest BCUT2D eigenvalue weighted by Crippen LogP contribution is 2.38. The van der Waals surface area contributed by atoms with Crippen LogP contribution in [0.1, 0.15) is 12.1 Å². The number of benzene rings is 1. The van der Waals surface area contributed by atoms with Crippen LogP contribution in [0, 0.1) is 6.92 Å². The van der Waals surface area contributed by atoms with Crippen molar-refractivity contribution in [3.63, 3.8) is 0 Å². The zero-order chi connectivity index (χ0) is 18.0. The lowest BCUT2D eigenvalue weighted by Gasteiger charge is -2.18. The summed E-state index contributed by atoms with van der Waals surface area (Å²) in [4.78, 5) is 34.8. The van der Waals surface area contributed by atoms with Gasteiger partial charge in [-0.2, -0.15) is 0 Å². The lowest BCUT2D eigenvalue weighted by molar-refractivity contribution is -0.121. The molecule has 2 amide bonds. The van der Waals surface area contributed by atoms with E-state index in [0.29, 0.717) is 22.3 Å². The number of methoxy groups -OCH3 is 2. The fraction of sp³-hybridized carbons (Fsp3) is 0.294. The van der Waals surface area contributed by atoms with E-state index in [0.717, 1.165) is 10.6 Å². The molecule has 0 radical (unpaired) electrons. The van der Waals surface area contributed by atoms with E-state index < -0.39 is 5.25 Å². The highest BCUT2D eigenvalue weighted by molar-refractivity contribution is 8.00. The van der Waals surface area contributed by atoms with Crippen LogP contribution in [0.3, 0.4) is 0 Å². The second-order valence-corrected chi connectivity index (χ2v) is 6.57. The first-order chi connectivity index (χ1) is 12.0. The summed E-state index contributed by atoms with van der Waals surface area (Å²) >= 11 is 1.20. The predicted octanol–water partition coefficient (Wildman–Crippen LogP) is 2.23. The Morgan fingerprint density at radius 1 is 1.20 bits per heavy atom. The third-order valence-electron chi connectivity index (χ3n) is 3.75. The number of imide groups is 1. The highest BCUT2D eigenvalue weighted by atomic mass is 32.2. The number of hydrogen-bond donors (Lipinski definition) is 0. The summed E-state index contributed by atoms with van der Waals surface area (Å²) in [6.45, 7) is 1.85. The van der Waals surface area contributed by atoms with Crippen LogP contribution in [-0.2, 0) is 9.59 Å². The topological polar surface area (TPSA) is 81.6 Å². The number of aromatic nitrogens is 2. The number of carbonyl (C=O) groups is 2. The second kappa shape index (κ2) is 7.10. The molecule has 7 nitrogen and oxygen atoms in total. The van der Waals surface area contributed by atoms with Gasteiger partial charge >= 0.3 is 0 Å². The van der Waals surface area contributed by atoms with E-state index >= 15 is 0 Å². The zero-order valence-corrected chi connectivity index (χ0v) is 14.9. The molecule has 0 N–H and O–H groups in total. The minimum Gasteiger partial charge on any atom is -0.497 e. The van der Waals surface area contributed by atoms with Crippen LogP contribution in [0.15, 0.2) is 35.6 Å². The fourth-order valence-electron chi connectivity index (χ4n) is 2.53. The van der Waals surface area contributed by atoms with E-state index in [2.05, 4.69) is 9.97 Å². The van der Waals surface area contributed by atoms with Gasteiger partial charge < -0.3 is 9.47 Å². The SMILES string of the molecule is COc1ccc(N2C(=O)CC(Sc3nccc(C)n3)C2=O)c(OC)c1. The van der Waals surface area contributed by atoms with E-state index in [1.165, 1.54) is 26.0 Å². The maximum atomic E-state index is 12.8. The minimum absolute atomic E-state index is 0.0932. The summed E-state index contributed by atoms with van der Waals surface area (Å²) in [7, 11) is 3.02.